The SMILES string of the molecule is C=CCn1c(=NC(=O)c2ccc(F)cc2)sc2cc(Br)ccc21. The van der Waals surface area contributed by atoms with E-state index in [9.17, 15) is 9.18 Å². The van der Waals surface area contributed by atoms with Crippen LogP contribution < -0.4 is 4.80 Å². The zero-order valence-corrected chi connectivity index (χ0v) is 14.4. The second-order valence-corrected chi connectivity index (χ2v) is 6.74. The van der Waals surface area contributed by atoms with E-state index in [-0.39, 0.29) is 5.82 Å². The average Bonchev–Trinajstić information content (AvgIpc) is 2.85. The Bertz CT molecular complexity index is 957. The van der Waals surface area contributed by atoms with E-state index in [1.165, 1.54) is 35.6 Å². The van der Waals surface area contributed by atoms with Crippen molar-refractivity contribution < 1.29 is 9.18 Å². The molecule has 0 saturated heterocycles. The third-order valence-corrected chi connectivity index (χ3v) is 4.78. The molecule has 0 fully saturated rings. The Morgan fingerprint density at radius 2 is 2.04 bits per heavy atom. The predicted octanol–water partition coefficient (Wildman–Crippen LogP) is 4.53. The summed E-state index contributed by atoms with van der Waals surface area (Å²) in [5, 5.41) is 0. The number of thiazole rings is 1. The third kappa shape index (κ3) is 3.33. The number of nitrogens with zero attached hydrogens (tertiary/aromatic N) is 2. The maximum absolute atomic E-state index is 13.0. The first-order chi connectivity index (χ1) is 11.1. The molecule has 6 heteroatoms. The highest BCUT2D eigenvalue weighted by atomic mass is 79.9. The van der Waals surface area contributed by atoms with Crippen molar-refractivity contribution >= 4 is 43.4 Å². The van der Waals surface area contributed by atoms with Crippen molar-refractivity contribution in [1.29, 1.82) is 0 Å². The van der Waals surface area contributed by atoms with E-state index < -0.39 is 5.91 Å². The summed E-state index contributed by atoms with van der Waals surface area (Å²) in [6.07, 6.45) is 1.76. The van der Waals surface area contributed by atoms with Crippen LogP contribution in [0.15, 0.2) is 64.6 Å². The van der Waals surface area contributed by atoms with Crippen LogP contribution in [0, 0.1) is 5.82 Å². The largest absolute Gasteiger partial charge is 0.312 e. The lowest BCUT2D eigenvalue weighted by atomic mass is 10.2. The Hall–Kier alpha value is -2.05. The van der Waals surface area contributed by atoms with Crippen LogP contribution in [0.5, 0.6) is 0 Å². The van der Waals surface area contributed by atoms with E-state index in [1.807, 2.05) is 22.8 Å². The first-order valence-corrected chi connectivity index (χ1v) is 8.44. The summed E-state index contributed by atoms with van der Waals surface area (Å²) in [6.45, 7) is 4.31. The normalized spacial score (nSPS) is 11.8. The van der Waals surface area contributed by atoms with E-state index in [4.69, 9.17) is 0 Å². The van der Waals surface area contributed by atoms with Crippen LogP contribution >= 0.6 is 27.3 Å². The molecule has 0 spiro atoms. The lowest BCUT2D eigenvalue weighted by Gasteiger charge is -2.01. The van der Waals surface area contributed by atoms with Gasteiger partial charge in [0.1, 0.15) is 5.82 Å². The highest BCUT2D eigenvalue weighted by Crippen LogP contribution is 2.22. The van der Waals surface area contributed by atoms with Crippen LogP contribution in [0.4, 0.5) is 4.39 Å². The van der Waals surface area contributed by atoms with E-state index in [1.54, 1.807) is 6.08 Å². The van der Waals surface area contributed by atoms with Crippen LogP contribution in [0.25, 0.3) is 10.2 Å². The molecule has 0 aliphatic carbocycles. The van der Waals surface area contributed by atoms with E-state index in [0.717, 1.165) is 14.7 Å². The summed E-state index contributed by atoms with van der Waals surface area (Å²) >= 11 is 4.87. The molecule has 3 nitrogen and oxygen atoms in total. The highest BCUT2D eigenvalue weighted by Gasteiger charge is 2.09. The summed E-state index contributed by atoms with van der Waals surface area (Å²) in [6, 6.07) is 11.3. The number of hydrogen-bond donors (Lipinski definition) is 0. The molecule has 0 radical (unpaired) electrons. The number of hydrogen-bond acceptors (Lipinski definition) is 2. The number of allylic oxidation sites excluding steroid dienone is 1. The predicted molar refractivity (Wildman–Crippen MR) is 94.0 cm³/mol. The third-order valence-electron chi connectivity index (χ3n) is 3.24. The number of amides is 1. The fourth-order valence-corrected chi connectivity index (χ4v) is 3.77. The van der Waals surface area contributed by atoms with Crippen LogP contribution in [0.3, 0.4) is 0 Å². The molecule has 3 rings (SSSR count). The molecule has 0 saturated carbocycles. The van der Waals surface area contributed by atoms with Gasteiger partial charge in [-0.25, -0.2) is 4.39 Å². The molecular formula is C17H12BrFN2OS. The van der Waals surface area contributed by atoms with Gasteiger partial charge in [-0.2, -0.15) is 4.99 Å². The van der Waals surface area contributed by atoms with Crippen molar-refractivity contribution in [3.63, 3.8) is 0 Å². The summed E-state index contributed by atoms with van der Waals surface area (Å²) in [4.78, 5) is 17.1. The number of halogens is 2. The van der Waals surface area contributed by atoms with Crippen molar-refractivity contribution in [2.45, 2.75) is 6.54 Å². The molecule has 2 aromatic carbocycles. The quantitative estimate of drug-likeness (QED) is 0.604. The Morgan fingerprint density at radius 3 is 2.74 bits per heavy atom. The van der Waals surface area contributed by atoms with Gasteiger partial charge in [-0.05, 0) is 42.5 Å². The lowest BCUT2D eigenvalue weighted by Crippen LogP contribution is -2.16. The molecule has 0 aliphatic rings. The fourth-order valence-electron chi connectivity index (χ4n) is 2.18. The summed E-state index contributed by atoms with van der Waals surface area (Å²) in [7, 11) is 0. The van der Waals surface area contributed by atoms with Gasteiger partial charge in [0.05, 0.1) is 10.2 Å². The Morgan fingerprint density at radius 1 is 1.30 bits per heavy atom. The van der Waals surface area contributed by atoms with Gasteiger partial charge in [-0.15, -0.1) is 6.58 Å². The maximum atomic E-state index is 13.0. The number of aromatic nitrogens is 1. The first kappa shape index (κ1) is 15.8. The fraction of sp³-hybridized carbons (Fsp3) is 0.0588. The minimum Gasteiger partial charge on any atom is -0.312 e. The highest BCUT2D eigenvalue weighted by molar-refractivity contribution is 9.10. The summed E-state index contributed by atoms with van der Waals surface area (Å²) < 4.78 is 16.9. The Labute approximate surface area is 144 Å². The van der Waals surface area contributed by atoms with E-state index in [2.05, 4.69) is 27.5 Å². The molecule has 1 aromatic heterocycles. The van der Waals surface area contributed by atoms with Crippen LogP contribution in [-0.2, 0) is 6.54 Å². The first-order valence-electron chi connectivity index (χ1n) is 6.83. The maximum Gasteiger partial charge on any atom is 0.279 e. The zero-order chi connectivity index (χ0) is 16.4. The standard InChI is InChI=1S/C17H12BrFN2OS/c1-2-9-21-14-8-5-12(18)10-15(14)23-17(21)20-16(22)11-3-6-13(19)7-4-11/h2-8,10H,1,9H2. The molecule has 0 unspecified atom stereocenters. The smallest absolute Gasteiger partial charge is 0.279 e. The summed E-state index contributed by atoms with van der Waals surface area (Å²) in [5.74, 6) is -0.775. The molecule has 0 aliphatic heterocycles. The van der Waals surface area contributed by atoms with Gasteiger partial charge in [0.25, 0.3) is 5.91 Å². The van der Waals surface area contributed by atoms with Crippen molar-refractivity contribution in [3.8, 4) is 0 Å². The molecule has 1 heterocycles. The molecule has 0 N–H and O–H groups in total. The Balaban J connectivity index is 2.13. The van der Waals surface area contributed by atoms with Gasteiger partial charge < -0.3 is 4.57 Å². The van der Waals surface area contributed by atoms with Crippen molar-refractivity contribution in [3.05, 3.63) is 75.8 Å². The van der Waals surface area contributed by atoms with Gasteiger partial charge in [0.15, 0.2) is 4.80 Å². The van der Waals surface area contributed by atoms with E-state index in [0.29, 0.717) is 16.9 Å². The van der Waals surface area contributed by atoms with Crippen LogP contribution in [0.2, 0.25) is 0 Å². The molecular weight excluding hydrogens is 379 g/mol. The van der Waals surface area contributed by atoms with Crippen molar-refractivity contribution in [1.82, 2.24) is 4.57 Å². The van der Waals surface area contributed by atoms with Crippen molar-refractivity contribution in [2.75, 3.05) is 0 Å². The van der Waals surface area contributed by atoms with Gasteiger partial charge in [0, 0.05) is 16.6 Å². The second kappa shape index (κ2) is 6.60. The summed E-state index contributed by atoms with van der Waals surface area (Å²) in [5.41, 5.74) is 1.35. The molecule has 3 aromatic rings. The molecule has 0 bridgehead atoms. The van der Waals surface area contributed by atoms with Gasteiger partial charge >= 0.3 is 0 Å². The number of carbonyl (C=O) groups is 1. The minimum atomic E-state index is -0.395. The molecule has 1 amide bonds. The number of carbonyl (C=O) groups excluding carboxylic acids is 1. The van der Waals surface area contributed by atoms with Gasteiger partial charge in [-0.1, -0.05) is 33.3 Å². The van der Waals surface area contributed by atoms with Crippen molar-refractivity contribution in [2.24, 2.45) is 4.99 Å². The average molecular weight is 391 g/mol. The Kier molecular flexibility index (Phi) is 4.54. The minimum absolute atomic E-state index is 0.357. The monoisotopic (exact) mass is 390 g/mol. The van der Waals surface area contributed by atoms with Gasteiger partial charge in [-0.3, -0.25) is 4.79 Å². The zero-order valence-electron chi connectivity index (χ0n) is 12.0. The van der Waals surface area contributed by atoms with Crippen LogP contribution in [-0.4, -0.2) is 10.5 Å². The lowest BCUT2D eigenvalue weighted by molar-refractivity contribution is 0.0998. The molecule has 116 valence electrons. The second-order valence-electron chi connectivity index (χ2n) is 4.82. The number of fused-ring (bicyclic) bond motifs is 1. The van der Waals surface area contributed by atoms with Crippen LogP contribution in [0.1, 0.15) is 10.4 Å². The number of rotatable bonds is 3. The topological polar surface area (TPSA) is 34.4 Å². The molecule has 23 heavy (non-hydrogen) atoms. The molecule has 0 atom stereocenters. The van der Waals surface area contributed by atoms with Gasteiger partial charge in [0.2, 0.25) is 0 Å². The van der Waals surface area contributed by atoms with E-state index >= 15 is 0 Å². The number of benzene rings is 2.